The summed E-state index contributed by atoms with van der Waals surface area (Å²) in [6.45, 7) is 2.62. The molecule has 0 aliphatic heterocycles. The van der Waals surface area contributed by atoms with E-state index in [0.717, 1.165) is 5.56 Å². The van der Waals surface area contributed by atoms with Gasteiger partial charge in [0.25, 0.3) is 0 Å². The lowest BCUT2D eigenvalue weighted by molar-refractivity contribution is 0.300. The molecule has 0 unspecified atom stereocenters. The first-order chi connectivity index (χ1) is 9.76. The molecule has 1 N–H and O–H groups in total. The lowest BCUT2D eigenvalue weighted by Crippen LogP contribution is -2.28. The van der Waals surface area contributed by atoms with E-state index in [9.17, 15) is 9.50 Å². The summed E-state index contributed by atoms with van der Waals surface area (Å²) in [5.74, 6) is -0.158. The molecule has 0 saturated carbocycles. The molecule has 106 valence electrons. The molecule has 5 heteroatoms. The average molecular weight is 275 g/mol. The number of aliphatic hydroxyl groups excluding tert-OH is 1. The van der Waals surface area contributed by atoms with Crippen LogP contribution in [0.5, 0.6) is 0 Å². The molecule has 1 heterocycles. The smallest absolute Gasteiger partial charge is 0.187 e. The largest absolute Gasteiger partial charge is 0.395 e. The van der Waals surface area contributed by atoms with Crippen molar-refractivity contribution >= 4 is 5.82 Å². The van der Waals surface area contributed by atoms with Crippen LogP contribution in [0.15, 0.2) is 36.7 Å². The third-order valence-corrected chi connectivity index (χ3v) is 3.06. The molecule has 0 aliphatic carbocycles. The van der Waals surface area contributed by atoms with Crippen molar-refractivity contribution in [3.05, 3.63) is 53.7 Å². The van der Waals surface area contributed by atoms with E-state index in [0.29, 0.717) is 25.2 Å². The van der Waals surface area contributed by atoms with Gasteiger partial charge in [-0.2, -0.15) is 0 Å². The van der Waals surface area contributed by atoms with E-state index in [1.165, 1.54) is 6.33 Å². The number of aromatic nitrogens is 2. The van der Waals surface area contributed by atoms with Gasteiger partial charge < -0.3 is 10.0 Å². The average Bonchev–Trinajstić information content (AvgIpc) is 2.48. The van der Waals surface area contributed by atoms with Gasteiger partial charge in [0.1, 0.15) is 6.33 Å². The second-order valence-corrected chi connectivity index (χ2v) is 4.44. The first-order valence-corrected chi connectivity index (χ1v) is 6.65. The Kier molecular flexibility index (Phi) is 5.01. The van der Waals surface area contributed by atoms with Gasteiger partial charge in [-0.25, -0.2) is 14.4 Å². The Morgan fingerprint density at radius 1 is 1.20 bits per heavy atom. The van der Waals surface area contributed by atoms with Crippen LogP contribution in [0, 0.1) is 5.82 Å². The second-order valence-electron chi connectivity index (χ2n) is 4.44. The molecule has 0 fully saturated rings. The molecule has 0 atom stereocenters. The summed E-state index contributed by atoms with van der Waals surface area (Å²) in [7, 11) is 0. The van der Waals surface area contributed by atoms with Crippen LogP contribution in [-0.4, -0.2) is 28.2 Å². The van der Waals surface area contributed by atoms with Gasteiger partial charge in [0.15, 0.2) is 11.6 Å². The minimum absolute atomic E-state index is 0.0578. The molecule has 0 spiro atoms. The molecule has 1 aromatic heterocycles. The Labute approximate surface area is 117 Å². The molecular formula is C15H18FN3O. The number of rotatable bonds is 6. The Balaban J connectivity index is 2.29. The maximum Gasteiger partial charge on any atom is 0.187 e. The van der Waals surface area contributed by atoms with Crippen molar-refractivity contribution in [2.75, 3.05) is 18.1 Å². The summed E-state index contributed by atoms with van der Waals surface area (Å²) in [5.41, 5.74) is 1.43. The van der Waals surface area contributed by atoms with Crippen LogP contribution in [0.1, 0.15) is 18.2 Å². The minimum atomic E-state index is -0.403. The molecular weight excluding hydrogens is 257 g/mol. The quantitative estimate of drug-likeness (QED) is 0.878. The SMILES string of the molecule is CCc1ncnc(N(CCO)Cc2ccccc2)c1F. The lowest BCUT2D eigenvalue weighted by Gasteiger charge is -2.23. The van der Waals surface area contributed by atoms with Crippen molar-refractivity contribution in [2.45, 2.75) is 19.9 Å². The number of benzene rings is 1. The van der Waals surface area contributed by atoms with E-state index < -0.39 is 5.82 Å². The summed E-state index contributed by atoms with van der Waals surface area (Å²) in [6, 6.07) is 9.72. The molecule has 2 rings (SSSR count). The summed E-state index contributed by atoms with van der Waals surface area (Å²) >= 11 is 0. The molecule has 0 aliphatic rings. The molecule has 2 aromatic rings. The monoisotopic (exact) mass is 275 g/mol. The fraction of sp³-hybridized carbons (Fsp3) is 0.333. The van der Waals surface area contributed by atoms with Crippen molar-refractivity contribution < 1.29 is 9.50 Å². The number of hydrogen-bond donors (Lipinski definition) is 1. The summed E-state index contributed by atoms with van der Waals surface area (Å²) in [4.78, 5) is 9.69. The van der Waals surface area contributed by atoms with Crippen molar-refractivity contribution in [1.29, 1.82) is 0 Å². The fourth-order valence-electron chi connectivity index (χ4n) is 2.05. The van der Waals surface area contributed by atoms with Crippen LogP contribution in [-0.2, 0) is 13.0 Å². The normalized spacial score (nSPS) is 10.6. The standard InChI is InChI=1S/C15H18FN3O/c1-2-13-14(16)15(18-11-17-13)19(8-9-20)10-12-6-4-3-5-7-12/h3-7,11,20H,2,8-10H2,1H3. The number of aryl methyl sites for hydroxylation is 1. The van der Waals surface area contributed by atoms with Gasteiger partial charge in [0.2, 0.25) is 0 Å². The highest BCUT2D eigenvalue weighted by Crippen LogP contribution is 2.20. The van der Waals surface area contributed by atoms with E-state index in [4.69, 9.17) is 0 Å². The van der Waals surface area contributed by atoms with Gasteiger partial charge in [0, 0.05) is 13.1 Å². The highest BCUT2D eigenvalue weighted by molar-refractivity contribution is 5.42. The minimum Gasteiger partial charge on any atom is -0.395 e. The summed E-state index contributed by atoms with van der Waals surface area (Å²) in [6.07, 6.45) is 1.88. The van der Waals surface area contributed by atoms with Crippen molar-refractivity contribution in [3.8, 4) is 0 Å². The zero-order valence-corrected chi connectivity index (χ0v) is 11.5. The predicted molar refractivity (Wildman–Crippen MR) is 75.9 cm³/mol. The maximum absolute atomic E-state index is 14.3. The van der Waals surface area contributed by atoms with Gasteiger partial charge in [-0.1, -0.05) is 37.3 Å². The Bertz CT molecular complexity index is 548. The number of nitrogens with zero attached hydrogens (tertiary/aromatic N) is 3. The Morgan fingerprint density at radius 3 is 2.60 bits per heavy atom. The molecule has 0 saturated heterocycles. The Morgan fingerprint density at radius 2 is 1.95 bits per heavy atom. The highest BCUT2D eigenvalue weighted by atomic mass is 19.1. The zero-order chi connectivity index (χ0) is 14.4. The van der Waals surface area contributed by atoms with Crippen molar-refractivity contribution in [2.24, 2.45) is 0 Å². The van der Waals surface area contributed by atoms with Gasteiger partial charge >= 0.3 is 0 Å². The zero-order valence-electron chi connectivity index (χ0n) is 11.5. The first-order valence-electron chi connectivity index (χ1n) is 6.65. The van der Waals surface area contributed by atoms with Crippen molar-refractivity contribution in [3.63, 3.8) is 0 Å². The molecule has 1 aromatic carbocycles. The molecule has 0 amide bonds. The summed E-state index contributed by atoms with van der Waals surface area (Å²) in [5, 5.41) is 9.19. The first kappa shape index (κ1) is 14.4. The van der Waals surface area contributed by atoms with Crippen LogP contribution in [0.4, 0.5) is 10.2 Å². The lowest BCUT2D eigenvalue weighted by atomic mass is 10.2. The van der Waals surface area contributed by atoms with Crippen LogP contribution in [0.3, 0.4) is 0 Å². The highest BCUT2D eigenvalue weighted by Gasteiger charge is 2.16. The number of anilines is 1. The summed E-state index contributed by atoms with van der Waals surface area (Å²) < 4.78 is 14.3. The number of halogens is 1. The number of hydrogen-bond acceptors (Lipinski definition) is 4. The maximum atomic E-state index is 14.3. The fourth-order valence-corrected chi connectivity index (χ4v) is 2.05. The van der Waals surface area contributed by atoms with Crippen LogP contribution in [0.25, 0.3) is 0 Å². The van der Waals surface area contributed by atoms with E-state index >= 15 is 0 Å². The topological polar surface area (TPSA) is 49.2 Å². The van der Waals surface area contributed by atoms with E-state index in [1.54, 1.807) is 4.90 Å². The van der Waals surface area contributed by atoms with Gasteiger partial charge in [-0.3, -0.25) is 0 Å². The van der Waals surface area contributed by atoms with E-state index in [1.807, 2.05) is 37.3 Å². The molecule has 20 heavy (non-hydrogen) atoms. The third-order valence-electron chi connectivity index (χ3n) is 3.06. The van der Waals surface area contributed by atoms with Crippen LogP contribution >= 0.6 is 0 Å². The van der Waals surface area contributed by atoms with Crippen LogP contribution < -0.4 is 4.90 Å². The van der Waals surface area contributed by atoms with Gasteiger partial charge in [-0.15, -0.1) is 0 Å². The van der Waals surface area contributed by atoms with Crippen molar-refractivity contribution in [1.82, 2.24) is 9.97 Å². The van der Waals surface area contributed by atoms with Crippen LogP contribution in [0.2, 0.25) is 0 Å². The van der Waals surface area contributed by atoms with Gasteiger partial charge in [-0.05, 0) is 12.0 Å². The van der Waals surface area contributed by atoms with E-state index in [-0.39, 0.29) is 12.4 Å². The second kappa shape index (κ2) is 6.96. The molecule has 4 nitrogen and oxygen atoms in total. The molecule has 0 bridgehead atoms. The third kappa shape index (κ3) is 3.30. The van der Waals surface area contributed by atoms with Gasteiger partial charge in [0.05, 0.1) is 12.3 Å². The molecule has 0 radical (unpaired) electrons. The predicted octanol–water partition coefficient (Wildman–Crippen LogP) is 2.18. The van der Waals surface area contributed by atoms with E-state index in [2.05, 4.69) is 9.97 Å². The Hall–Kier alpha value is -2.01. The number of aliphatic hydroxyl groups is 1.